The van der Waals surface area contributed by atoms with Crippen LogP contribution in [-0.2, 0) is 16.1 Å². The molecule has 0 saturated carbocycles. The Kier molecular flexibility index (Phi) is 9.62. The van der Waals surface area contributed by atoms with Crippen molar-refractivity contribution in [3.05, 3.63) is 34.9 Å². The lowest BCUT2D eigenvalue weighted by Gasteiger charge is -2.38. The fraction of sp³-hybridized carbons (Fsp3) is 0.759. The number of carbonyl (C=O) groups is 1. The predicted octanol–water partition coefficient (Wildman–Crippen LogP) is 5.15. The second kappa shape index (κ2) is 12.7. The minimum Gasteiger partial charge on any atom is -0.353 e. The number of fused-ring (bicyclic) bond motifs is 1. The molecule has 4 rings (SSSR count). The average Bonchev–Trinajstić information content (AvgIpc) is 3.50. The molecule has 4 unspecified atom stereocenters. The first-order valence-corrected chi connectivity index (χ1v) is 14.3. The molecule has 6 nitrogen and oxygen atoms in total. The first-order valence-electron chi connectivity index (χ1n) is 14.3. The Morgan fingerprint density at radius 3 is 2.71 bits per heavy atom. The van der Waals surface area contributed by atoms with Crippen LogP contribution in [0.1, 0.15) is 114 Å². The first kappa shape index (κ1) is 26.6. The fourth-order valence-electron chi connectivity index (χ4n) is 6.04. The van der Waals surface area contributed by atoms with Gasteiger partial charge in [-0.1, -0.05) is 71.1 Å². The summed E-state index contributed by atoms with van der Waals surface area (Å²) < 4.78 is 0. The molecule has 2 fully saturated rings. The van der Waals surface area contributed by atoms with Crippen molar-refractivity contribution in [2.24, 2.45) is 5.92 Å². The number of likely N-dealkylation sites (tertiary alicyclic amines) is 1. The summed E-state index contributed by atoms with van der Waals surface area (Å²) >= 11 is 0. The van der Waals surface area contributed by atoms with Gasteiger partial charge in [0.15, 0.2) is 0 Å². The van der Waals surface area contributed by atoms with E-state index in [1.165, 1.54) is 61.8 Å². The third kappa shape index (κ3) is 6.85. The van der Waals surface area contributed by atoms with Crippen molar-refractivity contribution in [1.82, 2.24) is 21.0 Å². The van der Waals surface area contributed by atoms with Crippen LogP contribution in [0, 0.1) is 5.92 Å². The number of nitrogens with zero attached hydrogens (tertiary/aromatic N) is 1. The zero-order valence-corrected chi connectivity index (χ0v) is 22.4. The van der Waals surface area contributed by atoms with Gasteiger partial charge in [0.2, 0.25) is 5.91 Å². The van der Waals surface area contributed by atoms with Crippen LogP contribution >= 0.6 is 0 Å². The number of piperidine rings is 1. The van der Waals surface area contributed by atoms with E-state index in [1.54, 1.807) is 0 Å². The van der Waals surface area contributed by atoms with Crippen LogP contribution in [0.5, 0.6) is 0 Å². The van der Waals surface area contributed by atoms with Crippen LogP contribution in [0.2, 0.25) is 0 Å². The van der Waals surface area contributed by atoms with Gasteiger partial charge in [-0.15, -0.1) is 0 Å². The van der Waals surface area contributed by atoms with Crippen molar-refractivity contribution in [3.8, 4) is 0 Å². The Labute approximate surface area is 212 Å². The van der Waals surface area contributed by atoms with Crippen LogP contribution in [0.4, 0.5) is 0 Å². The maximum absolute atomic E-state index is 13.3. The van der Waals surface area contributed by atoms with Crippen molar-refractivity contribution in [1.29, 1.82) is 0 Å². The molecule has 1 aromatic carbocycles. The molecular weight excluding hydrogens is 436 g/mol. The van der Waals surface area contributed by atoms with Gasteiger partial charge in [-0.05, 0) is 68.2 Å². The molecule has 0 bridgehead atoms. The highest BCUT2D eigenvalue weighted by Gasteiger charge is 2.34. The minimum absolute atomic E-state index is 0.00332. The van der Waals surface area contributed by atoms with Crippen molar-refractivity contribution >= 4 is 5.91 Å². The number of rotatable bonds is 11. The average molecular weight is 485 g/mol. The maximum atomic E-state index is 13.3. The van der Waals surface area contributed by atoms with Gasteiger partial charge in [-0.25, -0.2) is 0 Å². The Balaban J connectivity index is 1.23. The van der Waals surface area contributed by atoms with Crippen LogP contribution in [-0.4, -0.2) is 42.2 Å². The number of unbranched alkanes of at least 4 members (excludes halogenated alkanes) is 5. The summed E-state index contributed by atoms with van der Waals surface area (Å²) in [4.78, 5) is 21.6. The van der Waals surface area contributed by atoms with Crippen molar-refractivity contribution in [2.45, 2.75) is 122 Å². The number of hydrogen-bond donors (Lipinski definition) is 3. The zero-order valence-electron chi connectivity index (χ0n) is 22.4. The van der Waals surface area contributed by atoms with E-state index < -0.39 is 0 Å². The number of hydroxylamine groups is 1. The second-order valence-electron chi connectivity index (χ2n) is 11.4. The highest BCUT2D eigenvalue weighted by Crippen LogP contribution is 2.35. The largest absolute Gasteiger partial charge is 0.353 e. The maximum Gasteiger partial charge on any atom is 0.227 e. The molecule has 6 heteroatoms. The molecule has 2 saturated heterocycles. The molecule has 196 valence electrons. The molecule has 0 spiro atoms. The highest BCUT2D eigenvalue weighted by atomic mass is 16.7. The number of nitrogens with one attached hydrogen (secondary N) is 3. The van der Waals surface area contributed by atoms with Crippen LogP contribution in [0.25, 0.3) is 0 Å². The van der Waals surface area contributed by atoms with E-state index in [0.29, 0.717) is 18.0 Å². The van der Waals surface area contributed by atoms with Gasteiger partial charge in [0, 0.05) is 18.6 Å². The molecule has 0 radical (unpaired) electrons. The summed E-state index contributed by atoms with van der Waals surface area (Å²) in [5.41, 5.74) is 6.82. The Bertz CT molecular complexity index is 829. The van der Waals surface area contributed by atoms with E-state index in [4.69, 9.17) is 4.84 Å². The summed E-state index contributed by atoms with van der Waals surface area (Å²) in [6.45, 7) is 11.2. The Morgan fingerprint density at radius 1 is 1.17 bits per heavy atom. The number of carbonyl (C=O) groups excluding carboxylic acids is 1. The number of hydrogen-bond acceptors (Lipinski definition) is 5. The summed E-state index contributed by atoms with van der Waals surface area (Å²) in [5.74, 6) is 0.609. The smallest absolute Gasteiger partial charge is 0.227 e. The van der Waals surface area contributed by atoms with Gasteiger partial charge < -0.3 is 10.2 Å². The summed E-state index contributed by atoms with van der Waals surface area (Å²) in [6, 6.07) is 7.41. The zero-order chi connectivity index (χ0) is 24.8. The Morgan fingerprint density at radius 2 is 1.97 bits per heavy atom. The van der Waals surface area contributed by atoms with Crippen LogP contribution in [0.3, 0.4) is 0 Å². The highest BCUT2D eigenvalue weighted by molar-refractivity contribution is 5.85. The first-order chi connectivity index (χ1) is 17.0. The number of benzene rings is 1. The molecule has 0 aromatic heterocycles. The Hall–Kier alpha value is -1.47. The monoisotopic (exact) mass is 484 g/mol. The normalized spacial score (nSPS) is 29.0. The van der Waals surface area contributed by atoms with Crippen molar-refractivity contribution < 1.29 is 9.63 Å². The minimum atomic E-state index is -0.0142. The van der Waals surface area contributed by atoms with Crippen molar-refractivity contribution in [2.75, 3.05) is 13.1 Å². The molecule has 1 aromatic rings. The SMILES string of the molecule is CCCCCCCCN1CCC(NC(=O)[C@@H]2CCc3cc(C4NOC(C(C)C)N4)ccc32)CC1C. The molecule has 3 aliphatic rings. The molecule has 2 aliphatic heterocycles. The van der Waals surface area contributed by atoms with E-state index in [0.717, 1.165) is 32.2 Å². The molecule has 5 atom stereocenters. The fourth-order valence-corrected chi connectivity index (χ4v) is 6.04. The summed E-state index contributed by atoms with van der Waals surface area (Å²) in [6.07, 6.45) is 12.1. The van der Waals surface area contributed by atoms with Crippen molar-refractivity contribution in [3.63, 3.8) is 0 Å². The molecule has 1 aliphatic carbocycles. The van der Waals surface area contributed by atoms with Gasteiger partial charge >= 0.3 is 0 Å². The van der Waals surface area contributed by atoms with Gasteiger partial charge in [0.25, 0.3) is 0 Å². The van der Waals surface area contributed by atoms with E-state index in [2.05, 4.69) is 66.9 Å². The summed E-state index contributed by atoms with van der Waals surface area (Å²) in [5, 5.41) is 6.92. The topological polar surface area (TPSA) is 65.6 Å². The van der Waals surface area contributed by atoms with E-state index in [9.17, 15) is 4.79 Å². The van der Waals surface area contributed by atoms with Gasteiger partial charge in [-0.3, -0.25) is 14.9 Å². The van der Waals surface area contributed by atoms with Gasteiger partial charge in [0.1, 0.15) is 12.4 Å². The number of aryl methyl sites for hydroxylation is 1. The molecular formula is C29H48N4O2. The third-order valence-electron chi connectivity index (χ3n) is 8.30. The standard InChI is InChI=1S/C29H48N4O2/c1-5-6-7-8-9-10-16-33-17-15-24(18-21(33)4)30-28(34)26-14-11-22-19-23(12-13-25(22)26)27-31-29(20(2)3)35-32-27/h12-13,19-21,24,26-27,29,31-32H,5-11,14-18H2,1-4H3,(H,30,34)/t21?,24?,26-,27?,29?/m1/s1. The molecule has 2 heterocycles. The van der Waals surface area contributed by atoms with Crippen LogP contribution < -0.4 is 16.1 Å². The second-order valence-corrected chi connectivity index (χ2v) is 11.4. The quantitative estimate of drug-likeness (QED) is 0.379. The summed E-state index contributed by atoms with van der Waals surface area (Å²) in [7, 11) is 0. The van der Waals surface area contributed by atoms with Gasteiger partial charge in [-0.2, -0.15) is 5.48 Å². The van der Waals surface area contributed by atoms with E-state index in [-0.39, 0.29) is 24.2 Å². The molecule has 3 N–H and O–H groups in total. The lowest BCUT2D eigenvalue weighted by molar-refractivity contribution is -0.123. The van der Waals surface area contributed by atoms with E-state index in [1.807, 2.05) is 0 Å². The predicted molar refractivity (Wildman–Crippen MR) is 142 cm³/mol. The lowest BCUT2D eigenvalue weighted by atomic mass is 9.95. The van der Waals surface area contributed by atoms with Gasteiger partial charge in [0.05, 0.1) is 5.92 Å². The lowest BCUT2D eigenvalue weighted by Crippen LogP contribution is -2.49. The third-order valence-corrected chi connectivity index (χ3v) is 8.30. The number of amides is 1. The molecule has 1 amide bonds. The molecule has 35 heavy (non-hydrogen) atoms. The van der Waals surface area contributed by atoms with E-state index >= 15 is 0 Å². The van der Waals surface area contributed by atoms with Crippen LogP contribution in [0.15, 0.2) is 18.2 Å².